The van der Waals surface area contributed by atoms with E-state index >= 15 is 0 Å². The summed E-state index contributed by atoms with van der Waals surface area (Å²) < 4.78 is 4.93. The number of alkyl halides is 1. The van der Waals surface area contributed by atoms with Gasteiger partial charge >= 0.3 is 5.97 Å². The van der Waals surface area contributed by atoms with Gasteiger partial charge in [-0.15, -0.1) is 11.6 Å². The maximum atomic E-state index is 12.2. The van der Waals surface area contributed by atoms with E-state index in [-0.39, 0.29) is 11.4 Å². The van der Waals surface area contributed by atoms with Crippen LogP contribution in [-0.4, -0.2) is 24.1 Å². The molecule has 0 saturated carbocycles. The molecular formula is C16H21ClO3. The Morgan fingerprint density at radius 3 is 2.75 bits per heavy atom. The van der Waals surface area contributed by atoms with Crippen LogP contribution in [0.25, 0.3) is 0 Å². The first-order valence-electron chi connectivity index (χ1n) is 6.81. The highest BCUT2D eigenvalue weighted by molar-refractivity contribution is 6.18. The zero-order valence-electron chi connectivity index (χ0n) is 12.4. The second kappa shape index (κ2) is 5.38. The highest BCUT2D eigenvalue weighted by Crippen LogP contribution is 2.48. The highest BCUT2D eigenvalue weighted by atomic mass is 35.5. The molecule has 0 bridgehead atoms. The van der Waals surface area contributed by atoms with Crippen LogP contribution in [0.15, 0.2) is 6.07 Å². The van der Waals surface area contributed by atoms with Crippen LogP contribution >= 0.6 is 11.6 Å². The van der Waals surface area contributed by atoms with Crippen LogP contribution in [0.2, 0.25) is 0 Å². The quantitative estimate of drug-likeness (QED) is 0.688. The number of aliphatic hydroxyl groups is 1. The Bertz CT molecular complexity index is 549. The van der Waals surface area contributed by atoms with Crippen LogP contribution in [0.1, 0.15) is 52.6 Å². The minimum Gasteiger partial charge on any atom is -0.465 e. The molecule has 0 fully saturated rings. The van der Waals surface area contributed by atoms with E-state index in [1.54, 1.807) is 0 Å². The van der Waals surface area contributed by atoms with Crippen molar-refractivity contribution < 1.29 is 14.6 Å². The van der Waals surface area contributed by atoms with Gasteiger partial charge in [0.25, 0.3) is 0 Å². The second-order valence-corrected chi connectivity index (χ2v) is 6.50. The Morgan fingerprint density at radius 1 is 1.55 bits per heavy atom. The molecule has 1 N–H and O–H groups in total. The maximum absolute atomic E-state index is 12.2. The third-order valence-electron chi connectivity index (χ3n) is 4.18. The number of fused-ring (bicyclic) bond motifs is 1. The highest BCUT2D eigenvalue weighted by Gasteiger charge is 2.41. The average molecular weight is 297 g/mol. The molecule has 1 aromatic rings. The number of hydrogen-bond donors (Lipinski definition) is 1. The fourth-order valence-corrected chi connectivity index (χ4v) is 3.32. The van der Waals surface area contributed by atoms with Crippen LogP contribution < -0.4 is 0 Å². The predicted octanol–water partition coefficient (Wildman–Crippen LogP) is 3.18. The first kappa shape index (κ1) is 15.3. The number of ether oxygens (including phenoxy) is 1. The van der Waals surface area contributed by atoms with Gasteiger partial charge in [-0.25, -0.2) is 4.79 Å². The van der Waals surface area contributed by atoms with Gasteiger partial charge in [0.1, 0.15) is 0 Å². The van der Waals surface area contributed by atoms with Crippen molar-refractivity contribution in [3.63, 3.8) is 0 Å². The molecule has 0 heterocycles. The number of esters is 1. The monoisotopic (exact) mass is 296 g/mol. The topological polar surface area (TPSA) is 46.5 Å². The van der Waals surface area contributed by atoms with Gasteiger partial charge in [0.05, 0.1) is 18.8 Å². The summed E-state index contributed by atoms with van der Waals surface area (Å²) in [5.41, 5.74) is 3.95. The number of aliphatic hydroxyl groups excluding tert-OH is 1. The van der Waals surface area contributed by atoms with E-state index in [2.05, 4.69) is 6.07 Å². The molecular weight excluding hydrogens is 276 g/mol. The molecule has 3 nitrogen and oxygen atoms in total. The molecule has 1 aliphatic rings. The van der Waals surface area contributed by atoms with Gasteiger partial charge in [0.2, 0.25) is 0 Å². The Balaban J connectivity index is 2.71. The predicted molar refractivity (Wildman–Crippen MR) is 79.4 cm³/mol. The molecule has 1 aromatic carbocycles. The Hall–Kier alpha value is -1.06. The van der Waals surface area contributed by atoms with Crippen molar-refractivity contribution in [1.82, 2.24) is 0 Å². The molecule has 0 radical (unpaired) electrons. The first-order valence-corrected chi connectivity index (χ1v) is 7.34. The van der Waals surface area contributed by atoms with Crippen molar-refractivity contribution in [2.24, 2.45) is 5.41 Å². The normalized spacial score (nSPS) is 19.8. The minimum atomic E-state index is -0.652. The molecule has 2 rings (SSSR count). The van der Waals surface area contributed by atoms with Gasteiger partial charge in [-0.2, -0.15) is 0 Å². The number of carbonyl (C=O) groups excluding carboxylic acids is 1. The Kier molecular flexibility index (Phi) is 4.12. The summed E-state index contributed by atoms with van der Waals surface area (Å²) in [5.74, 6) is 0.0464. The average Bonchev–Trinajstić information content (AvgIpc) is 2.60. The van der Waals surface area contributed by atoms with Crippen molar-refractivity contribution in [1.29, 1.82) is 0 Å². The van der Waals surface area contributed by atoms with E-state index in [0.29, 0.717) is 17.9 Å². The van der Waals surface area contributed by atoms with Crippen LogP contribution in [0, 0.1) is 12.3 Å². The first-order chi connectivity index (χ1) is 9.33. The number of hydrogen-bond acceptors (Lipinski definition) is 3. The van der Waals surface area contributed by atoms with E-state index in [0.717, 1.165) is 28.7 Å². The molecule has 0 saturated heterocycles. The molecule has 4 heteroatoms. The number of rotatable bonds is 3. The number of carbonyl (C=O) groups is 1. The van der Waals surface area contributed by atoms with Crippen molar-refractivity contribution in [2.45, 2.75) is 39.7 Å². The fourth-order valence-electron chi connectivity index (χ4n) is 3.14. The summed E-state index contributed by atoms with van der Waals surface area (Å²) in [6, 6.07) is 2.07. The van der Waals surface area contributed by atoms with Gasteiger partial charge in [0, 0.05) is 5.88 Å². The van der Waals surface area contributed by atoms with E-state index in [1.807, 2.05) is 20.8 Å². The summed E-state index contributed by atoms with van der Waals surface area (Å²) in [5, 5.41) is 10.6. The smallest absolute Gasteiger partial charge is 0.338 e. The van der Waals surface area contributed by atoms with Gasteiger partial charge in [-0.1, -0.05) is 19.9 Å². The maximum Gasteiger partial charge on any atom is 0.338 e. The van der Waals surface area contributed by atoms with Gasteiger partial charge in [0.15, 0.2) is 0 Å². The number of benzene rings is 1. The molecule has 0 amide bonds. The van der Waals surface area contributed by atoms with Crippen molar-refractivity contribution in [3.8, 4) is 0 Å². The SMILES string of the molecule is COC(=O)c1c(CCCl)c(C)cc2c1[C@@H](O)C(C)(C)C2. The molecule has 110 valence electrons. The molecule has 0 aromatic heterocycles. The van der Waals surface area contributed by atoms with E-state index in [4.69, 9.17) is 16.3 Å². The van der Waals surface area contributed by atoms with E-state index in [9.17, 15) is 9.90 Å². The molecule has 0 aliphatic heterocycles. The summed E-state index contributed by atoms with van der Waals surface area (Å²) in [7, 11) is 1.37. The van der Waals surface area contributed by atoms with E-state index < -0.39 is 6.10 Å². The summed E-state index contributed by atoms with van der Waals surface area (Å²) in [4.78, 5) is 12.2. The third-order valence-corrected chi connectivity index (χ3v) is 4.37. The minimum absolute atomic E-state index is 0.267. The zero-order chi connectivity index (χ0) is 15.1. The summed E-state index contributed by atoms with van der Waals surface area (Å²) in [6.07, 6.45) is 0.703. The summed E-state index contributed by atoms with van der Waals surface area (Å²) in [6.45, 7) is 6.00. The molecule has 1 atom stereocenters. The van der Waals surface area contributed by atoms with Gasteiger partial charge < -0.3 is 9.84 Å². The van der Waals surface area contributed by atoms with Crippen LogP contribution in [0.4, 0.5) is 0 Å². The lowest BCUT2D eigenvalue weighted by Gasteiger charge is -2.23. The second-order valence-electron chi connectivity index (χ2n) is 6.12. The Morgan fingerprint density at radius 2 is 2.20 bits per heavy atom. The lowest BCUT2D eigenvalue weighted by molar-refractivity contribution is 0.0546. The van der Waals surface area contributed by atoms with Crippen LogP contribution in [0.5, 0.6) is 0 Å². The van der Waals surface area contributed by atoms with Crippen molar-refractivity contribution in [2.75, 3.05) is 13.0 Å². The number of halogens is 1. The van der Waals surface area contributed by atoms with Crippen LogP contribution in [-0.2, 0) is 17.6 Å². The largest absolute Gasteiger partial charge is 0.465 e. The van der Waals surface area contributed by atoms with Crippen LogP contribution in [0.3, 0.4) is 0 Å². The zero-order valence-corrected chi connectivity index (χ0v) is 13.2. The van der Waals surface area contributed by atoms with Gasteiger partial charge in [-0.3, -0.25) is 0 Å². The lowest BCUT2D eigenvalue weighted by Crippen LogP contribution is -2.19. The molecule has 1 aliphatic carbocycles. The molecule has 0 unspecified atom stereocenters. The standard InChI is InChI=1S/C16H21ClO3/c1-9-7-10-8-16(2,3)14(18)12(10)13(15(19)20-4)11(9)5-6-17/h7,14,18H,5-6,8H2,1-4H3/t14-/m1/s1. The molecule has 20 heavy (non-hydrogen) atoms. The lowest BCUT2D eigenvalue weighted by atomic mass is 9.86. The molecule has 0 spiro atoms. The fraction of sp³-hybridized carbons (Fsp3) is 0.562. The Labute approximate surface area is 124 Å². The van der Waals surface area contributed by atoms with Crippen molar-refractivity contribution in [3.05, 3.63) is 33.9 Å². The summed E-state index contributed by atoms with van der Waals surface area (Å²) >= 11 is 5.86. The van der Waals surface area contributed by atoms with E-state index in [1.165, 1.54) is 7.11 Å². The van der Waals surface area contributed by atoms with Gasteiger partial charge in [-0.05, 0) is 47.4 Å². The van der Waals surface area contributed by atoms with Crippen molar-refractivity contribution >= 4 is 17.6 Å². The third kappa shape index (κ3) is 2.33. The number of methoxy groups -OCH3 is 1. The number of aryl methyl sites for hydroxylation is 1.